The molecule has 0 bridgehead atoms. The minimum Gasteiger partial charge on any atom is -1.00 e. The van der Waals surface area contributed by atoms with E-state index in [4.69, 9.17) is 15.5 Å². The first-order valence-corrected chi connectivity index (χ1v) is 4.61. The molecule has 1 aromatic rings. The van der Waals surface area contributed by atoms with E-state index in [0.29, 0.717) is 5.69 Å². The molecule has 0 aliphatic carbocycles. The van der Waals surface area contributed by atoms with Crippen molar-refractivity contribution < 1.29 is 49.9 Å². The van der Waals surface area contributed by atoms with Crippen molar-refractivity contribution in [2.24, 2.45) is 0 Å². The van der Waals surface area contributed by atoms with Crippen LogP contribution in [0.4, 0.5) is 5.69 Å². The Hall–Kier alpha value is -0.0300. The number of hydrogen-bond acceptors (Lipinski definition) is 3. The van der Waals surface area contributed by atoms with E-state index in [2.05, 4.69) is 4.52 Å². The molecule has 0 unspecified atom stereocenters. The summed E-state index contributed by atoms with van der Waals surface area (Å²) in [6.45, 7) is 0. The van der Waals surface area contributed by atoms with E-state index >= 15 is 0 Å². The summed E-state index contributed by atoms with van der Waals surface area (Å²) in [5, 5.41) is 0. The van der Waals surface area contributed by atoms with Gasteiger partial charge in [0.2, 0.25) is 0 Å². The Morgan fingerprint density at radius 2 is 2.08 bits per heavy atom. The molecule has 4 N–H and O–H groups in total. The molecule has 0 aliphatic rings. The third-order valence-corrected chi connectivity index (χ3v) is 1.53. The van der Waals surface area contributed by atoms with Gasteiger partial charge in [0.25, 0.3) is 0 Å². The summed E-state index contributed by atoms with van der Waals surface area (Å²) >= 11 is 0. The van der Waals surface area contributed by atoms with Gasteiger partial charge >= 0.3 is 37.4 Å². The predicted molar refractivity (Wildman–Crippen MR) is 44.6 cm³/mol. The molecule has 13 heavy (non-hydrogen) atoms. The number of phosphoric ester groups is 1. The van der Waals surface area contributed by atoms with Crippen molar-refractivity contribution in [3.05, 3.63) is 24.3 Å². The molecule has 5 nitrogen and oxygen atoms in total. The molecular weight excluding hydrogens is 204 g/mol. The van der Waals surface area contributed by atoms with Gasteiger partial charge in [-0.3, -0.25) is 9.79 Å². The van der Waals surface area contributed by atoms with Crippen molar-refractivity contribution in [3.63, 3.8) is 0 Å². The summed E-state index contributed by atoms with van der Waals surface area (Å²) in [5.74, 6) is 0.0586. The van der Waals surface area contributed by atoms with Crippen LogP contribution in [0.3, 0.4) is 0 Å². The van der Waals surface area contributed by atoms with Gasteiger partial charge < -0.3 is 11.7 Å². The molecule has 0 aromatic heterocycles. The summed E-state index contributed by atoms with van der Waals surface area (Å²) < 4.78 is 14.6. The first-order chi connectivity index (χ1) is 5.47. The third-order valence-electron chi connectivity index (χ3n) is 1.08. The van der Waals surface area contributed by atoms with Crippen molar-refractivity contribution in [1.29, 1.82) is 0 Å². The minimum atomic E-state index is -4.46. The first kappa shape index (κ1) is 13.0. The molecule has 0 amide bonds. The van der Waals surface area contributed by atoms with Crippen molar-refractivity contribution >= 4 is 13.5 Å². The molecule has 1 rings (SSSR count). The maximum absolute atomic E-state index is 10.3. The Balaban J connectivity index is 0. The maximum Gasteiger partial charge on any atom is 1.00 e. The minimum absolute atomic E-state index is 0. The SMILES string of the molecule is Nc1cccc(OP(=O)(O)O)c1.[H-].[Na+]. The van der Waals surface area contributed by atoms with Gasteiger partial charge in [0.05, 0.1) is 0 Å². The Morgan fingerprint density at radius 1 is 1.46 bits per heavy atom. The van der Waals surface area contributed by atoms with Crippen LogP contribution in [-0.4, -0.2) is 9.79 Å². The predicted octanol–water partition coefficient (Wildman–Crippen LogP) is -2.14. The molecule has 0 saturated carbocycles. The van der Waals surface area contributed by atoms with Crippen LogP contribution >= 0.6 is 7.82 Å². The number of benzene rings is 1. The summed E-state index contributed by atoms with van der Waals surface area (Å²) in [6.07, 6.45) is 0. The summed E-state index contributed by atoms with van der Waals surface area (Å²) in [6, 6.07) is 5.88. The van der Waals surface area contributed by atoms with Gasteiger partial charge in [-0.25, -0.2) is 4.57 Å². The van der Waals surface area contributed by atoms with Gasteiger partial charge in [0.15, 0.2) is 0 Å². The van der Waals surface area contributed by atoms with E-state index in [-0.39, 0.29) is 36.7 Å². The zero-order chi connectivity index (χ0) is 9.19. The van der Waals surface area contributed by atoms with E-state index in [1.54, 1.807) is 12.1 Å². The van der Waals surface area contributed by atoms with Crippen LogP contribution in [0.5, 0.6) is 5.75 Å². The summed E-state index contributed by atoms with van der Waals surface area (Å²) in [5.41, 5.74) is 5.73. The molecule has 0 atom stereocenters. The average Bonchev–Trinajstić information content (AvgIpc) is 1.82. The Morgan fingerprint density at radius 3 is 2.54 bits per heavy atom. The molecule has 0 saturated heterocycles. The molecule has 0 heterocycles. The smallest absolute Gasteiger partial charge is 1.00 e. The normalized spacial score (nSPS) is 10.3. The quantitative estimate of drug-likeness (QED) is 0.296. The second kappa shape index (κ2) is 5.00. The van der Waals surface area contributed by atoms with Crippen LogP contribution in [0, 0.1) is 0 Å². The van der Waals surface area contributed by atoms with E-state index in [9.17, 15) is 4.57 Å². The Kier molecular flexibility index (Phi) is 4.99. The van der Waals surface area contributed by atoms with Gasteiger partial charge in [-0.05, 0) is 12.1 Å². The summed E-state index contributed by atoms with van der Waals surface area (Å²) in [4.78, 5) is 16.8. The second-order valence-corrected chi connectivity index (χ2v) is 3.32. The number of nitrogen functional groups attached to an aromatic ring is 1. The maximum atomic E-state index is 10.3. The monoisotopic (exact) mass is 213 g/mol. The standard InChI is InChI=1S/C6H8NO4P.Na.H/c7-5-2-1-3-6(4-5)11-12(8,9)10;;/h1-4H,7H2,(H2,8,9,10);;/q;+1;-1. The molecule has 7 heteroatoms. The molecule has 68 valence electrons. The fourth-order valence-electron chi connectivity index (χ4n) is 0.709. The number of nitrogens with two attached hydrogens (primary N) is 1. The van der Waals surface area contributed by atoms with Crippen molar-refractivity contribution in [3.8, 4) is 5.75 Å². The Labute approximate surface area is 98.9 Å². The van der Waals surface area contributed by atoms with Crippen LogP contribution in [0.1, 0.15) is 1.43 Å². The van der Waals surface area contributed by atoms with E-state index in [0.717, 1.165) is 0 Å². The largest absolute Gasteiger partial charge is 1.00 e. The van der Waals surface area contributed by atoms with Crippen LogP contribution in [0.15, 0.2) is 24.3 Å². The molecule has 0 fully saturated rings. The van der Waals surface area contributed by atoms with Gasteiger partial charge in [-0.15, -0.1) is 0 Å². The van der Waals surface area contributed by atoms with E-state index in [1.807, 2.05) is 0 Å². The molecule has 0 spiro atoms. The molecule has 1 aromatic carbocycles. The first-order valence-electron chi connectivity index (χ1n) is 3.08. The molecule has 0 radical (unpaired) electrons. The molecule has 0 aliphatic heterocycles. The van der Waals surface area contributed by atoms with Crippen molar-refractivity contribution in [2.45, 2.75) is 0 Å². The van der Waals surface area contributed by atoms with Crippen molar-refractivity contribution in [2.75, 3.05) is 5.73 Å². The molecular formula is C6H9NNaO4P. The Bertz CT molecular complexity index is 331. The zero-order valence-electron chi connectivity index (χ0n) is 8.04. The second-order valence-electron chi connectivity index (χ2n) is 2.15. The summed E-state index contributed by atoms with van der Waals surface area (Å²) in [7, 11) is -4.46. The number of phosphoric acid groups is 1. The fourth-order valence-corrected chi connectivity index (χ4v) is 1.10. The van der Waals surface area contributed by atoms with Crippen molar-refractivity contribution in [1.82, 2.24) is 0 Å². The number of rotatable bonds is 2. The number of hydrogen-bond donors (Lipinski definition) is 3. The van der Waals surface area contributed by atoms with Crippen LogP contribution < -0.4 is 39.8 Å². The van der Waals surface area contributed by atoms with Gasteiger partial charge in [-0.1, -0.05) is 6.07 Å². The van der Waals surface area contributed by atoms with E-state index in [1.165, 1.54) is 12.1 Å². The van der Waals surface area contributed by atoms with E-state index < -0.39 is 7.82 Å². The van der Waals surface area contributed by atoms with Crippen LogP contribution in [0.25, 0.3) is 0 Å². The third kappa shape index (κ3) is 5.31. The number of anilines is 1. The topological polar surface area (TPSA) is 92.8 Å². The fraction of sp³-hybridized carbons (Fsp3) is 0. The van der Waals surface area contributed by atoms with Gasteiger partial charge in [0, 0.05) is 11.8 Å². The zero-order valence-corrected chi connectivity index (χ0v) is 9.94. The van der Waals surface area contributed by atoms with Gasteiger partial charge in [-0.2, -0.15) is 0 Å². The average molecular weight is 213 g/mol. The van der Waals surface area contributed by atoms with Crippen LogP contribution in [-0.2, 0) is 4.57 Å². The van der Waals surface area contributed by atoms with Gasteiger partial charge in [0.1, 0.15) is 5.75 Å². The van der Waals surface area contributed by atoms with Crippen LogP contribution in [0.2, 0.25) is 0 Å².